The Balaban J connectivity index is 2.68. The third-order valence-electron chi connectivity index (χ3n) is 2.95. The molecule has 0 saturated carbocycles. The van der Waals surface area contributed by atoms with E-state index >= 15 is 0 Å². The fourth-order valence-electron chi connectivity index (χ4n) is 1.92. The number of ether oxygens (including phenoxy) is 2. The van der Waals surface area contributed by atoms with Crippen LogP contribution in [0, 0.1) is 18.5 Å². The van der Waals surface area contributed by atoms with Gasteiger partial charge in [0, 0.05) is 17.2 Å². The lowest BCUT2D eigenvalue weighted by Crippen LogP contribution is -1.98. The second-order valence-electron chi connectivity index (χ2n) is 4.19. The molecule has 0 radical (unpaired) electrons. The van der Waals surface area contributed by atoms with Gasteiger partial charge >= 0.3 is 0 Å². The van der Waals surface area contributed by atoms with Crippen molar-refractivity contribution in [1.82, 2.24) is 9.97 Å². The number of hydrogen-bond acceptors (Lipinski definition) is 4. The minimum atomic E-state index is 0.601. The number of rotatable bonds is 3. The number of methoxy groups -OCH3 is 2. The molecule has 1 aromatic carbocycles. The Kier molecular flexibility index (Phi) is 3.85. The molecule has 4 nitrogen and oxygen atoms in total. The number of aromatic nitrogens is 2. The predicted octanol–water partition coefficient (Wildman–Crippen LogP) is 3.44. The number of hydrogen-bond donors (Lipinski definition) is 1. The minimum Gasteiger partial charge on any atom is -0.497 e. The second-order valence-corrected chi connectivity index (χ2v) is 4.58. The Morgan fingerprint density at radius 1 is 1.16 bits per heavy atom. The van der Waals surface area contributed by atoms with Crippen LogP contribution in [0.25, 0.3) is 11.3 Å². The van der Waals surface area contributed by atoms with Crippen LogP contribution >= 0.6 is 12.2 Å². The number of nitrogens with zero attached hydrogens (tertiary/aromatic N) is 1. The second kappa shape index (κ2) is 5.40. The van der Waals surface area contributed by atoms with Crippen LogP contribution < -0.4 is 9.47 Å². The average molecular weight is 276 g/mol. The van der Waals surface area contributed by atoms with Gasteiger partial charge < -0.3 is 14.5 Å². The van der Waals surface area contributed by atoms with Gasteiger partial charge in [0.2, 0.25) is 0 Å². The number of aromatic amines is 1. The van der Waals surface area contributed by atoms with E-state index < -0.39 is 0 Å². The quantitative estimate of drug-likeness (QED) is 0.872. The van der Waals surface area contributed by atoms with E-state index in [1.54, 1.807) is 14.2 Å². The van der Waals surface area contributed by atoms with Crippen LogP contribution in [0.3, 0.4) is 0 Å². The van der Waals surface area contributed by atoms with E-state index in [0.29, 0.717) is 4.64 Å². The largest absolute Gasteiger partial charge is 0.497 e. The van der Waals surface area contributed by atoms with Crippen LogP contribution in [-0.4, -0.2) is 24.2 Å². The molecule has 0 amide bonds. The van der Waals surface area contributed by atoms with Gasteiger partial charge in [0.1, 0.15) is 22.0 Å². The standard InChI is InChI=1S/C14H16N2O2S/c1-8-13(15-9(2)16-14(8)19)11-6-5-10(17-3)7-12(11)18-4/h5-7H,1-4H3,(H,15,16,19). The molecule has 1 aromatic heterocycles. The minimum absolute atomic E-state index is 0.601. The van der Waals surface area contributed by atoms with Crippen LogP contribution in [0.4, 0.5) is 0 Å². The molecule has 5 heteroatoms. The maximum absolute atomic E-state index is 5.42. The molecule has 0 saturated heterocycles. The summed E-state index contributed by atoms with van der Waals surface area (Å²) in [5.41, 5.74) is 2.80. The lowest BCUT2D eigenvalue weighted by molar-refractivity contribution is 0.395. The Morgan fingerprint density at radius 2 is 1.89 bits per heavy atom. The van der Waals surface area contributed by atoms with Gasteiger partial charge in [0.05, 0.1) is 19.9 Å². The molecule has 0 unspecified atom stereocenters. The van der Waals surface area contributed by atoms with Crippen LogP contribution in [0.15, 0.2) is 18.2 Å². The summed E-state index contributed by atoms with van der Waals surface area (Å²) in [6, 6.07) is 5.69. The highest BCUT2D eigenvalue weighted by Gasteiger charge is 2.12. The van der Waals surface area contributed by atoms with Gasteiger partial charge in [0.25, 0.3) is 0 Å². The first kappa shape index (κ1) is 13.5. The molecule has 1 N–H and O–H groups in total. The van der Waals surface area contributed by atoms with Crippen LogP contribution in [0.1, 0.15) is 11.4 Å². The summed E-state index contributed by atoms with van der Waals surface area (Å²) in [4.78, 5) is 7.49. The van der Waals surface area contributed by atoms with Crippen molar-refractivity contribution in [3.63, 3.8) is 0 Å². The van der Waals surface area contributed by atoms with Crippen molar-refractivity contribution < 1.29 is 9.47 Å². The first-order chi connectivity index (χ1) is 9.06. The zero-order valence-corrected chi connectivity index (χ0v) is 12.2. The Labute approximate surface area is 117 Å². The molecule has 0 aliphatic heterocycles. The van der Waals surface area contributed by atoms with Crippen LogP contribution in [-0.2, 0) is 0 Å². The van der Waals surface area contributed by atoms with Gasteiger partial charge in [-0.1, -0.05) is 12.2 Å². The van der Waals surface area contributed by atoms with Crippen molar-refractivity contribution in [3.05, 3.63) is 34.2 Å². The van der Waals surface area contributed by atoms with Gasteiger partial charge in [-0.15, -0.1) is 0 Å². The number of benzene rings is 1. The van der Waals surface area contributed by atoms with Crippen LogP contribution in [0.2, 0.25) is 0 Å². The van der Waals surface area contributed by atoms with E-state index in [-0.39, 0.29) is 0 Å². The Morgan fingerprint density at radius 3 is 2.53 bits per heavy atom. The molecule has 0 aliphatic carbocycles. The smallest absolute Gasteiger partial charge is 0.133 e. The molecular formula is C14H16N2O2S. The zero-order valence-electron chi connectivity index (χ0n) is 11.4. The fraction of sp³-hybridized carbons (Fsp3) is 0.286. The van der Waals surface area contributed by atoms with Gasteiger partial charge in [-0.2, -0.15) is 0 Å². The maximum Gasteiger partial charge on any atom is 0.133 e. The molecule has 0 bridgehead atoms. The summed E-state index contributed by atoms with van der Waals surface area (Å²) in [5, 5.41) is 0. The van der Waals surface area contributed by atoms with E-state index in [0.717, 1.165) is 34.1 Å². The molecule has 1 heterocycles. The molecule has 19 heavy (non-hydrogen) atoms. The normalized spacial score (nSPS) is 10.3. The van der Waals surface area contributed by atoms with Crippen molar-refractivity contribution in [3.8, 4) is 22.8 Å². The number of H-pyrrole nitrogens is 1. The van der Waals surface area contributed by atoms with Gasteiger partial charge in [-0.3, -0.25) is 0 Å². The Hall–Kier alpha value is -1.88. The highest BCUT2D eigenvalue weighted by Crippen LogP contribution is 2.33. The van der Waals surface area contributed by atoms with Crippen molar-refractivity contribution in [2.45, 2.75) is 13.8 Å². The zero-order chi connectivity index (χ0) is 14.0. The topological polar surface area (TPSA) is 47.1 Å². The fourth-order valence-corrected chi connectivity index (χ4v) is 2.16. The average Bonchev–Trinajstić information content (AvgIpc) is 2.42. The van der Waals surface area contributed by atoms with Crippen molar-refractivity contribution in [1.29, 1.82) is 0 Å². The van der Waals surface area contributed by atoms with Crippen molar-refractivity contribution >= 4 is 12.2 Å². The van der Waals surface area contributed by atoms with E-state index in [1.807, 2.05) is 32.0 Å². The van der Waals surface area contributed by atoms with E-state index in [2.05, 4.69) is 9.97 Å². The Bertz CT molecular complexity index is 665. The van der Waals surface area contributed by atoms with E-state index in [4.69, 9.17) is 21.7 Å². The lowest BCUT2D eigenvalue weighted by Gasteiger charge is -2.13. The van der Waals surface area contributed by atoms with E-state index in [1.165, 1.54) is 0 Å². The molecule has 0 aliphatic rings. The van der Waals surface area contributed by atoms with Gasteiger partial charge in [-0.05, 0) is 26.0 Å². The number of nitrogens with one attached hydrogen (secondary N) is 1. The summed E-state index contributed by atoms with van der Waals surface area (Å²) >= 11 is 5.26. The summed E-state index contributed by atoms with van der Waals surface area (Å²) < 4.78 is 11.2. The maximum atomic E-state index is 5.42. The molecule has 2 aromatic rings. The monoisotopic (exact) mass is 276 g/mol. The highest BCUT2D eigenvalue weighted by molar-refractivity contribution is 7.71. The van der Waals surface area contributed by atoms with E-state index in [9.17, 15) is 0 Å². The number of aryl methyl sites for hydroxylation is 1. The van der Waals surface area contributed by atoms with Gasteiger partial charge in [-0.25, -0.2) is 4.98 Å². The molecule has 0 fully saturated rings. The summed E-state index contributed by atoms with van der Waals surface area (Å²) in [6.07, 6.45) is 0. The first-order valence-electron chi connectivity index (χ1n) is 5.86. The van der Waals surface area contributed by atoms with Crippen LogP contribution in [0.5, 0.6) is 11.5 Å². The third kappa shape index (κ3) is 2.61. The first-order valence-corrected chi connectivity index (χ1v) is 6.27. The summed E-state index contributed by atoms with van der Waals surface area (Å²) in [5.74, 6) is 2.27. The molecule has 100 valence electrons. The SMILES string of the molecule is COc1ccc(-c2[nH]c(C)nc(=S)c2C)c(OC)c1. The lowest BCUT2D eigenvalue weighted by atomic mass is 10.1. The summed E-state index contributed by atoms with van der Waals surface area (Å²) in [7, 11) is 3.26. The molecule has 0 spiro atoms. The third-order valence-corrected chi connectivity index (χ3v) is 3.35. The summed E-state index contributed by atoms with van der Waals surface area (Å²) in [6.45, 7) is 3.83. The molecule has 0 atom stereocenters. The highest BCUT2D eigenvalue weighted by atomic mass is 32.1. The molecular weight excluding hydrogens is 260 g/mol. The molecule has 2 rings (SSSR count). The van der Waals surface area contributed by atoms with Gasteiger partial charge in [0.15, 0.2) is 0 Å². The predicted molar refractivity (Wildman–Crippen MR) is 77.4 cm³/mol. The van der Waals surface area contributed by atoms with Crippen molar-refractivity contribution in [2.24, 2.45) is 0 Å². The van der Waals surface area contributed by atoms with Crippen molar-refractivity contribution in [2.75, 3.05) is 14.2 Å².